The van der Waals surface area contributed by atoms with Gasteiger partial charge in [-0.15, -0.1) is 0 Å². The van der Waals surface area contributed by atoms with Gasteiger partial charge in [0, 0.05) is 42.5 Å². The first-order valence-corrected chi connectivity index (χ1v) is 10.2. The molecule has 1 aliphatic rings. The van der Waals surface area contributed by atoms with E-state index in [0.717, 1.165) is 26.1 Å². The van der Waals surface area contributed by atoms with Gasteiger partial charge in [0.2, 0.25) is 0 Å². The number of nitrogens with one attached hydrogen (secondary N) is 2. The van der Waals surface area contributed by atoms with E-state index < -0.39 is 0 Å². The van der Waals surface area contributed by atoms with Crippen molar-refractivity contribution in [3.8, 4) is 0 Å². The maximum absolute atomic E-state index is 12.6. The highest BCUT2D eigenvalue weighted by molar-refractivity contribution is 6.04. The van der Waals surface area contributed by atoms with Crippen molar-refractivity contribution < 1.29 is 9.59 Å². The number of anilines is 1. The predicted molar refractivity (Wildman–Crippen MR) is 118 cm³/mol. The van der Waals surface area contributed by atoms with Gasteiger partial charge in [-0.05, 0) is 48.4 Å². The average molecular weight is 399 g/mol. The minimum Gasteiger partial charge on any atom is -0.348 e. The summed E-state index contributed by atoms with van der Waals surface area (Å²) in [5, 5.41) is 5.98. The molecule has 2 N–H and O–H groups in total. The van der Waals surface area contributed by atoms with Crippen LogP contribution >= 0.6 is 0 Å². The summed E-state index contributed by atoms with van der Waals surface area (Å²) in [5.74, 6) is -0.250. The first-order chi connectivity index (χ1) is 14.7. The largest absolute Gasteiger partial charge is 0.348 e. The van der Waals surface area contributed by atoms with E-state index >= 15 is 0 Å². The lowest BCUT2D eigenvalue weighted by molar-refractivity contribution is 0.0937. The standard InChI is InChI=1S/C25H25N3O2/c29-24(20-9-5-2-6-10-20)26-22-13-11-21(12-14-22)25(30)27-23-15-16-28(18-23)17-19-7-3-1-4-8-19/h1-14,23H,15-18H2,(H,26,29)(H,27,30)/t23-/m0/s1. The molecule has 0 radical (unpaired) electrons. The average Bonchev–Trinajstić information content (AvgIpc) is 3.22. The number of hydrogen-bond donors (Lipinski definition) is 2. The smallest absolute Gasteiger partial charge is 0.255 e. The second-order valence-electron chi connectivity index (χ2n) is 7.58. The number of benzene rings is 3. The maximum Gasteiger partial charge on any atom is 0.255 e. The van der Waals surface area contributed by atoms with Crippen LogP contribution in [0.4, 0.5) is 5.69 Å². The fraction of sp³-hybridized carbons (Fsp3) is 0.200. The molecule has 1 atom stereocenters. The third-order valence-electron chi connectivity index (χ3n) is 5.30. The lowest BCUT2D eigenvalue weighted by Crippen LogP contribution is -2.36. The SMILES string of the molecule is O=C(Nc1ccc(C(=O)N[C@H]2CCN(Cc3ccccc3)C2)cc1)c1ccccc1. The van der Waals surface area contributed by atoms with E-state index in [1.165, 1.54) is 5.56 Å². The third-order valence-corrected chi connectivity index (χ3v) is 5.30. The summed E-state index contributed by atoms with van der Waals surface area (Å²) in [4.78, 5) is 27.2. The van der Waals surface area contributed by atoms with Crippen LogP contribution in [0.5, 0.6) is 0 Å². The van der Waals surface area contributed by atoms with Crippen molar-refractivity contribution in [1.82, 2.24) is 10.2 Å². The van der Waals surface area contributed by atoms with Gasteiger partial charge in [0.25, 0.3) is 11.8 Å². The van der Waals surface area contributed by atoms with E-state index in [0.29, 0.717) is 16.8 Å². The number of hydrogen-bond acceptors (Lipinski definition) is 3. The normalized spacial score (nSPS) is 16.2. The van der Waals surface area contributed by atoms with Crippen molar-refractivity contribution in [3.63, 3.8) is 0 Å². The number of rotatable bonds is 6. The molecule has 1 aliphatic heterocycles. The van der Waals surface area contributed by atoms with Crippen molar-refractivity contribution in [2.75, 3.05) is 18.4 Å². The van der Waals surface area contributed by atoms with Crippen molar-refractivity contribution in [1.29, 1.82) is 0 Å². The van der Waals surface area contributed by atoms with Gasteiger partial charge in [-0.3, -0.25) is 14.5 Å². The van der Waals surface area contributed by atoms with Crippen LogP contribution in [0.1, 0.15) is 32.7 Å². The highest BCUT2D eigenvalue weighted by atomic mass is 16.2. The fourth-order valence-electron chi connectivity index (χ4n) is 3.70. The van der Waals surface area contributed by atoms with Gasteiger partial charge in [0.05, 0.1) is 0 Å². The van der Waals surface area contributed by atoms with Crippen LogP contribution in [-0.4, -0.2) is 35.8 Å². The molecule has 152 valence electrons. The zero-order valence-corrected chi connectivity index (χ0v) is 16.8. The Morgan fingerprint density at radius 3 is 2.13 bits per heavy atom. The Kier molecular flexibility index (Phi) is 6.20. The summed E-state index contributed by atoms with van der Waals surface area (Å²) in [6.45, 7) is 2.74. The minimum atomic E-state index is -0.169. The molecule has 1 fully saturated rings. The monoisotopic (exact) mass is 399 g/mol. The van der Waals surface area contributed by atoms with Gasteiger partial charge in [0.15, 0.2) is 0 Å². The fourth-order valence-corrected chi connectivity index (χ4v) is 3.70. The summed E-state index contributed by atoms with van der Waals surface area (Å²) >= 11 is 0. The van der Waals surface area contributed by atoms with Crippen LogP contribution in [0.25, 0.3) is 0 Å². The van der Waals surface area contributed by atoms with E-state index in [9.17, 15) is 9.59 Å². The molecule has 5 heteroatoms. The van der Waals surface area contributed by atoms with Crippen LogP contribution < -0.4 is 10.6 Å². The van der Waals surface area contributed by atoms with Crippen molar-refractivity contribution in [2.45, 2.75) is 19.0 Å². The molecule has 2 amide bonds. The summed E-state index contributed by atoms with van der Waals surface area (Å²) in [7, 11) is 0. The van der Waals surface area contributed by atoms with Crippen molar-refractivity contribution in [3.05, 3.63) is 102 Å². The summed E-state index contributed by atoms with van der Waals surface area (Å²) in [6.07, 6.45) is 0.948. The summed E-state index contributed by atoms with van der Waals surface area (Å²) in [5.41, 5.74) is 3.14. The first kappa shape index (κ1) is 19.9. The Balaban J connectivity index is 1.28. The van der Waals surface area contributed by atoms with E-state index in [2.05, 4.69) is 39.8 Å². The minimum absolute atomic E-state index is 0.0810. The Morgan fingerprint density at radius 2 is 1.43 bits per heavy atom. The molecule has 0 spiro atoms. The van der Waals surface area contributed by atoms with Crippen molar-refractivity contribution >= 4 is 17.5 Å². The zero-order chi connectivity index (χ0) is 20.8. The Bertz CT molecular complexity index is 988. The highest BCUT2D eigenvalue weighted by Crippen LogP contribution is 2.15. The van der Waals surface area contributed by atoms with Gasteiger partial charge in [-0.1, -0.05) is 48.5 Å². The van der Waals surface area contributed by atoms with E-state index in [4.69, 9.17) is 0 Å². The van der Waals surface area contributed by atoms with Gasteiger partial charge in [0.1, 0.15) is 0 Å². The highest BCUT2D eigenvalue weighted by Gasteiger charge is 2.24. The third kappa shape index (κ3) is 5.13. The van der Waals surface area contributed by atoms with Crippen molar-refractivity contribution in [2.24, 2.45) is 0 Å². The number of likely N-dealkylation sites (tertiary alicyclic amines) is 1. The van der Waals surface area contributed by atoms with Gasteiger partial charge in [-0.2, -0.15) is 0 Å². The molecule has 0 aromatic heterocycles. The van der Waals surface area contributed by atoms with Crippen LogP contribution in [-0.2, 0) is 6.54 Å². The van der Waals surface area contributed by atoms with E-state index in [1.54, 1.807) is 36.4 Å². The van der Waals surface area contributed by atoms with Crippen LogP contribution in [0.3, 0.4) is 0 Å². The Labute approximate surface area is 176 Å². The molecule has 0 unspecified atom stereocenters. The van der Waals surface area contributed by atoms with Gasteiger partial charge >= 0.3 is 0 Å². The molecule has 0 aliphatic carbocycles. The maximum atomic E-state index is 12.6. The Morgan fingerprint density at radius 1 is 0.800 bits per heavy atom. The molecular formula is C25H25N3O2. The number of nitrogens with zero attached hydrogens (tertiary/aromatic N) is 1. The molecule has 4 rings (SSSR count). The quantitative estimate of drug-likeness (QED) is 0.660. The van der Waals surface area contributed by atoms with E-state index in [1.807, 2.05) is 24.3 Å². The number of amides is 2. The lowest BCUT2D eigenvalue weighted by Gasteiger charge is -2.17. The lowest BCUT2D eigenvalue weighted by atomic mass is 10.1. The molecule has 5 nitrogen and oxygen atoms in total. The second-order valence-corrected chi connectivity index (χ2v) is 7.58. The number of carbonyl (C=O) groups is 2. The van der Waals surface area contributed by atoms with Crippen LogP contribution in [0.2, 0.25) is 0 Å². The molecule has 1 saturated heterocycles. The van der Waals surface area contributed by atoms with Crippen LogP contribution in [0.15, 0.2) is 84.9 Å². The molecule has 30 heavy (non-hydrogen) atoms. The molecular weight excluding hydrogens is 374 g/mol. The topological polar surface area (TPSA) is 61.4 Å². The van der Waals surface area contributed by atoms with Gasteiger partial charge in [-0.25, -0.2) is 0 Å². The summed E-state index contributed by atoms with van der Waals surface area (Å²) < 4.78 is 0. The zero-order valence-electron chi connectivity index (χ0n) is 16.8. The molecule has 3 aromatic carbocycles. The molecule has 3 aromatic rings. The predicted octanol–water partition coefficient (Wildman–Crippen LogP) is 3.94. The molecule has 0 saturated carbocycles. The Hall–Kier alpha value is -3.44. The van der Waals surface area contributed by atoms with E-state index in [-0.39, 0.29) is 17.9 Å². The second kappa shape index (κ2) is 9.37. The summed E-state index contributed by atoms with van der Waals surface area (Å²) in [6, 6.07) is 26.6. The number of carbonyl (C=O) groups excluding carboxylic acids is 2. The molecule has 0 bridgehead atoms. The van der Waals surface area contributed by atoms with Gasteiger partial charge < -0.3 is 10.6 Å². The first-order valence-electron chi connectivity index (χ1n) is 10.2. The van der Waals surface area contributed by atoms with Crippen LogP contribution in [0, 0.1) is 0 Å². The molecule has 1 heterocycles.